The van der Waals surface area contributed by atoms with Gasteiger partial charge < -0.3 is 19.8 Å². The first-order valence-electron chi connectivity index (χ1n) is 8.55. The summed E-state index contributed by atoms with van der Waals surface area (Å²) in [5.74, 6) is -2.69. The van der Waals surface area contributed by atoms with E-state index in [0.29, 0.717) is 0 Å². The molecule has 1 fully saturated rings. The lowest BCUT2D eigenvalue weighted by Gasteiger charge is -2.33. The number of nitrogens with zero attached hydrogens (tertiary/aromatic N) is 2. The number of hydrogen-bond acceptors (Lipinski definition) is 5. The Labute approximate surface area is 159 Å². The van der Waals surface area contributed by atoms with Crippen molar-refractivity contribution in [2.24, 2.45) is 0 Å². The van der Waals surface area contributed by atoms with Gasteiger partial charge in [0.05, 0.1) is 0 Å². The van der Waals surface area contributed by atoms with Crippen molar-refractivity contribution in [2.75, 3.05) is 45.9 Å². The number of rotatable bonds is 5. The van der Waals surface area contributed by atoms with E-state index in [1.165, 1.54) is 13.1 Å². The van der Waals surface area contributed by atoms with Gasteiger partial charge in [0, 0.05) is 37.7 Å². The fraction of sp³-hybridized carbons (Fsp3) is 0.556. The second-order valence-electron chi connectivity index (χ2n) is 6.03. The van der Waals surface area contributed by atoms with E-state index in [-0.39, 0.29) is 0 Å². The summed E-state index contributed by atoms with van der Waals surface area (Å²) in [7, 11) is 0. The van der Waals surface area contributed by atoms with Crippen LogP contribution in [0.1, 0.15) is 18.1 Å². The van der Waals surface area contributed by atoms with Crippen molar-refractivity contribution in [3.05, 3.63) is 28.3 Å². The first kappa shape index (κ1) is 22.2. The van der Waals surface area contributed by atoms with Crippen LogP contribution in [0.4, 0.5) is 0 Å². The van der Waals surface area contributed by atoms with Gasteiger partial charge in [0.15, 0.2) is 0 Å². The lowest BCUT2D eigenvalue weighted by Crippen LogP contribution is -2.47. The molecule has 2 N–H and O–H groups in total. The Morgan fingerprint density at radius 1 is 1.04 bits per heavy atom. The fourth-order valence-corrected chi connectivity index (χ4v) is 2.74. The molecule has 146 valence electrons. The molecule has 0 atom stereocenters. The van der Waals surface area contributed by atoms with Crippen LogP contribution in [0, 0.1) is 13.8 Å². The molecule has 1 saturated heterocycles. The number of carboxylic acid groups (broad SMARTS) is 2. The highest BCUT2D eigenvalue weighted by atomic mass is 35.5. The largest absolute Gasteiger partial charge is 0.492 e. The van der Waals surface area contributed by atoms with Crippen molar-refractivity contribution in [2.45, 2.75) is 20.8 Å². The van der Waals surface area contributed by atoms with Gasteiger partial charge in [-0.2, -0.15) is 0 Å². The van der Waals surface area contributed by atoms with Crippen LogP contribution in [0.3, 0.4) is 0 Å². The van der Waals surface area contributed by atoms with Gasteiger partial charge in [0.1, 0.15) is 12.4 Å². The highest BCUT2D eigenvalue weighted by molar-refractivity contribution is 6.31. The Morgan fingerprint density at radius 3 is 2.08 bits per heavy atom. The molecule has 26 heavy (non-hydrogen) atoms. The standard InChI is InChI=1S/C16H25ClN2O.C2H2O4/c1-4-18-7-9-19(10-8-18)11-12-20-16-6-5-15(17)13(2)14(16)3;3-1(4)2(5)6/h5-6H,4,7-12H2,1-3H3;(H,3,4)(H,5,6). The number of piperazine rings is 1. The zero-order valence-electron chi connectivity index (χ0n) is 15.5. The van der Waals surface area contributed by atoms with Crippen molar-refractivity contribution in [1.82, 2.24) is 9.80 Å². The zero-order chi connectivity index (χ0) is 19.7. The maximum Gasteiger partial charge on any atom is 0.414 e. The molecule has 1 aliphatic rings. The summed E-state index contributed by atoms with van der Waals surface area (Å²) in [6.45, 7) is 13.9. The van der Waals surface area contributed by atoms with Gasteiger partial charge in [-0.25, -0.2) is 9.59 Å². The maximum atomic E-state index is 9.10. The van der Waals surface area contributed by atoms with E-state index in [1.54, 1.807) is 0 Å². The van der Waals surface area contributed by atoms with Crippen molar-refractivity contribution in [3.8, 4) is 5.75 Å². The molecule has 0 bridgehead atoms. The Hall–Kier alpha value is -1.83. The average molecular weight is 387 g/mol. The molecule has 0 amide bonds. The summed E-state index contributed by atoms with van der Waals surface area (Å²) in [6, 6.07) is 3.89. The highest BCUT2D eigenvalue weighted by Crippen LogP contribution is 2.27. The predicted octanol–water partition coefficient (Wildman–Crippen LogP) is 2.13. The van der Waals surface area contributed by atoms with E-state index < -0.39 is 11.9 Å². The molecule has 8 heteroatoms. The van der Waals surface area contributed by atoms with Gasteiger partial charge in [-0.1, -0.05) is 18.5 Å². The molecular weight excluding hydrogens is 360 g/mol. The Balaban J connectivity index is 0.000000487. The molecule has 0 saturated carbocycles. The van der Waals surface area contributed by atoms with Crippen LogP contribution < -0.4 is 4.74 Å². The van der Waals surface area contributed by atoms with Gasteiger partial charge in [-0.3, -0.25) is 4.90 Å². The molecule has 1 aromatic carbocycles. The summed E-state index contributed by atoms with van der Waals surface area (Å²) in [6.07, 6.45) is 0. The Morgan fingerprint density at radius 2 is 1.58 bits per heavy atom. The minimum atomic E-state index is -1.82. The molecule has 0 unspecified atom stereocenters. The van der Waals surface area contributed by atoms with Crippen LogP contribution in [-0.4, -0.2) is 77.8 Å². The van der Waals surface area contributed by atoms with E-state index in [4.69, 9.17) is 36.1 Å². The molecule has 0 aliphatic carbocycles. The fourth-order valence-electron chi connectivity index (χ4n) is 2.53. The number of likely N-dealkylation sites (N-methyl/N-ethyl adjacent to an activating group) is 1. The third kappa shape index (κ3) is 7.19. The molecule has 1 heterocycles. The van der Waals surface area contributed by atoms with Crippen LogP contribution in [-0.2, 0) is 9.59 Å². The summed E-state index contributed by atoms with van der Waals surface area (Å²) < 4.78 is 5.91. The summed E-state index contributed by atoms with van der Waals surface area (Å²) in [4.78, 5) is 23.2. The van der Waals surface area contributed by atoms with E-state index >= 15 is 0 Å². The second-order valence-corrected chi connectivity index (χ2v) is 6.44. The minimum Gasteiger partial charge on any atom is -0.492 e. The lowest BCUT2D eigenvalue weighted by atomic mass is 10.1. The second kappa shape index (κ2) is 11.0. The van der Waals surface area contributed by atoms with Crippen molar-refractivity contribution < 1.29 is 24.5 Å². The van der Waals surface area contributed by atoms with Crippen molar-refractivity contribution >= 4 is 23.5 Å². The molecular formula is C18H27ClN2O5. The number of carboxylic acids is 2. The molecule has 1 aliphatic heterocycles. The van der Waals surface area contributed by atoms with E-state index in [9.17, 15) is 0 Å². The van der Waals surface area contributed by atoms with Gasteiger partial charge >= 0.3 is 11.9 Å². The van der Waals surface area contributed by atoms with E-state index in [1.807, 2.05) is 19.1 Å². The maximum absolute atomic E-state index is 9.10. The number of carbonyl (C=O) groups is 2. The third-order valence-electron chi connectivity index (χ3n) is 4.43. The third-order valence-corrected chi connectivity index (χ3v) is 4.84. The Kier molecular flexibility index (Phi) is 9.40. The normalized spacial score (nSPS) is 15.1. The highest BCUT2D eigenvalue weighted by Gasteiger charge is 2.15. The van der Waals surface area contributed by atoms with E-state index in [2.05, 4.69) is 23.6 Å². The molecule has 0 radical (unpaired) electrons. The molecule has 0 aromatic heterocycles. The lowest BCUT2D eigenvalue weighted by molar-refractivity contribution is -0.159. The van der Waals surface area contributed by atoms with Crippen LogP contribution in [0.5, 0.6) is 5.75 Å². The van der Waals surface area contributed by atoms with Crippen molar-refractivity contribution in [3.63, 3.8) is 0 Å². The molecule has 0 spiro atoms. The van der Waals surface area contributed by atoms with Gasteiger partial charge in [-0.05, 0) is 43.7 Å². The quantitative estimate of drug-likeness (QED) is 0.749. The Bertz CT molecular complexity index is 604. The smallest absolute Gasteiger partial charge is 0.414 e. The number of hydrogen-bond donors (Lipinski definition) is 2. The number of benzene rings is 1. The van der Waals surface area contributed by atoms with Gasteiger partial charge in [0.25, 0.3) is 0 Å². The van der Waals surface area contributed by atoms with Crippen LogP contribution >= 0.6 is 11.6 Å². The van der Waals surface area contributed by atoms with Crippen LogP contribution in [0.2, 0.25) is 5.02 Å². The van der Waals surface area contributed by atoms with E-state index in [0.717, 1.165) is 54.7 Å². The van der Waals surface area contributed by atoms with Crippen molar-refractivity contribution in [1.29, 1.82) is 0 Å². The molecule has 7 nitrogen and oxygen atoms in total. The van der Waals surface area contributed by atoms with Crippen LogP contribution in [0.15, 0.2) is 12.1 Å². The zero-order valence-corrected chi connectivity index (χ0v) is 16.3. The van der Waals surface area contributed by atoms with Crippen LogP contribution in [0.25, 0.3) is 0 Å². The SMILES string of the molecule is CCN1CCN(CCOc2ccc(Cl)c(C)c2C)CC1.O=C(O)C(=O)O. The average Bonchev–Trinajstić information content (AvgIpc) is 2.62. The van der Waals surface area contributed by atoms with Gasteiger partial charge in [-0.15, -0.1) is 0 Å². The monoisotopic (exact) mass is 386 g/mol. The predicted molar refractivity (Wildman–Crippen MR) is 100 cm³/mol. The first-order valence-corrected chi connectivity index (χ1v) is 8.93. The number of halogens is 1. The topological polar surface area (TPSA) is 90.3 Å². The number of ether oxygens (including phenoxy) is 1. The number of aliphatic carboxylic acids is 2. The summed E-state index contributed by atoms with van der Waals surface area (Å²) >= 11 is 6.10. The molecule has 2 rings (SSSR count). The first-order chi connectivity index (χ1) is 12.3. The molecule has 1 aromatic rings. The summed E-state index contributed by atoms with van der Waals surface area (Å²) in [5.41, 5.74) is 2.26. The summed E-state index contributed by atoms with van der Waals surface area (Å²) in [5, 5.41) is 15.6. The minimum absolute atomic E-state index is 0.744. The van der Waals surface area contributed by atoms with Gasteiger partial charge in [0.2, 0.25) is 0 Å².